The Hall–Kier alpha value is -2.86. The Kier molecular flexibility index (Phi) is 4.81. The van der Waals surface area contributed by atoms with Gasteiger partial charge >= 0.3 is 6.09 Å². The van der Waals surface area contributed by atoms with Gasteiger partial charge in [0.25, 0.3) is 0 Å². The second kappa shape index (κ2) is 7.40. The van der Waals surface area contributed by atoms with E-state index in [4.69, 9.17) is 4.74 Å². The minimum Gasteiger partial charge on any atom is -0.449 e. The molecular weight excluding hydrogens is 344 g/mol. The van der Waals surface area contributed by atoms with Crippen LogP contribution in [-0.4, -0.2) is 47.9 Å². The van der Waals surface area contributed by atoms with E-state index < -0.39 is 12.3 Å². The molecule has 1 unspecified atom stereocenters. The number of amides is 2. The highest BCUT2D eigenvalue weighted by Crippen LogP contribution is 2.44. The topological polar surface area (TPSA) is 78.9 Å². The summed E-state index contributed by atoms with van der Waals surface area (Å²) < 4.78 is 5.40. The maximum atomic E-state index is 12.1. The summed E-state index contributed by atoms with van der Waals surface area (Å²) in [5, 5.41) is 12.2. The van der Waals surface area contributed by atoms with Gasteiger partial charge < -0.3 is 20.1 Å². The number of rotatable bonds is 4. The van der Waals surface area contributed by atoms with Crippen LogP contribution in [0, 0.1) is 0 Å². The minimum absolute atomic E-state index is 0.0146. The van der Waals surface area contributed by atoms with Gasteiger partial charge in [0.1, 0.15) is 19.4 Å². The van der Waals surface area contributed by atoms with E-state index in [9.17, 15) is 14.7 Å². The van der Waals surface area contributed by atoms with Crippen molar-refractivity contribution in [3.8, 4) is 11.1 Å². The van der Waals surface area contributed by atoms with Crippen LogP contribution in [0.15, 0.2) is 48.5 Å². The minimum atomic E-state index is -0.748. The summed E-state index contributed by atoms with van der Waals surface area (Å²) >= 11 is 0. The van der Waals surface area contributed by atoms with Crippen LogP contribution in [0.2, 0.25) is 0 Å². The first kappa shape index (κ1) is 17.5. The molecule has 2 N–H and O–H groups in total. The van der Waals surface area contributed by atoms with Crippen LogP contribution in [0.25, 0.3) is 11.1 Å². The van der Waals surface area contributed by atoms with Crippen molar-refractivity contribution in [3.63, 3.8) is 0 Å². The molecule has 6 nitrogen and oxygen atoms in total. The van der Waals surface area contributed by atoms with Crippen LogP contribution in [0.3, 0.4) is 0 Å². The molecule has 140 valence electrons. The Balaban J connectivity index is 1.36. The van der Waals surface area contributed by atoms with E-state index in [1.165, 1.54) is 16.0 Å². The molecule has 0 spiro atoms. The highest BCUT2D eigenvalue weighted by Gasteiger charge is 2.29. The molecule has 1 aliphatic carbocycles. The largest absolute Gasteiger partial charge is 0.449 e. The third kappa shape index (κ3) is 3.40. The van der Waals surface area contributed by atoms with E-state index >= 15 is 0 Å². The number of benzene rings is 2. The molecule has 6 heteroatoms. The number of nitrogens with one attached hydrogen (secondary N) is 1. The van der Waals surface area contributed by atoms with Gasteiger partial charge in [-0.05, 0) is 35.1 Å². The molecule has 0 bridgehead atoms. The van der Waals surface area contributed by atoms with Crippen LogP contribution >= 0.6 is 0 Å². The quantitative estimate of drug-likeness (QED) is 0.871. The molecule has 1 aliphatic heterocycles. The third-order valence-electron chi connectivity index (χ3n) is 5.27. The Labute approximate surface area is 157 Å². The average molecular weight is 366 g/mol. The summed E-state index contributed by atoms with van der Waals surface area (Å²) in [4.78, 5) is 25.5. The van der Waals surface area contributed by atoms with Crippen molar-refractivity contribution in [2.24, 2.45) is 0 Å². The number of hydrogen-bond acceptors (Lipinski definition) is 4. The van der Waals surface area contributed by atoms with E-state index in [-0.39, 0.29) is 25.0 Å². The highest BCUT2D eigenvalue weighted by molar-refractivity contribution is 5.83. The molecule has 2 aromatic rings. The maximum Gasteiger partial charge on any atom is 0.407 e. The number of nitrogens with zero attached hydrogens (tertiary/aromatic N) is 1. The van der Waals surface area contributed by atoms with Crippen molar-refractivity contribution >= 4 is 12.0 Å². The number of aliphatic hydroxyl groups is 1. The predicted molar refractivity (Wildman–Crippen MR) is 100 cm³/mol. The van der Waals surface area contributed by atoms with Crippen molar-refractivity contribution < 1.29 is 19.4 Å². The Morgan fingerprint density at radius 1 is 1.07 bits per heavy atom. The molecule has 2 aromatic carbocycles. The zero-order valence-corrected chi connectivity index (χ0v) is 14.9. The summed E-state index contributed by atoms with van der Waals surface area (Å²) in [5.74, 6) is -0.312. The van der Waals surface area contributed by atoms with Crippen LogP contribution in [0.1, 0.15) is 29.9 Å². The van der Waals surface area contributed by atoms with Gasteiger partial charge in [0, 0.05) is 12.5 Å². The monoisotopic (exact) mass is 366 g/mol. The number of aliphatic hydroxyl groups excluding tert-OH is 1. The standard InChI is InChI=1S/C21H22N2O4/c24-19-10-5-11-23(19)20(25)12-22-21(26)27-13-18-16-8-3-1-6-14(16)15-7-2-4-9-17(15)18/h1-4,6-9,18-19,24H,5,10-13H2,(H,22,26). The van der Waals surface area contributed by atoms with Gasteiger partial charge in [0.2, 0.25) is 5.91 Å². The van der Waals surface area contributed by atoms with Crippen molar-refractivity contribution in [1.29, 1.82) is 0 Å². The molecule has 1 heterocycles. The normalized spacial score (nSPS) is 18.1. The Morgan fingerprint density at radius 3 is 2.30 bits per heavy atom. The van der Waals surface area contributed by atoms with E-state index in [1.54, 1.807) is 0 Å². The number of likely N-dealkylation sites (tertiary alicyclic amines) is 1. The molecule has 0 radical (unpaired) electrons. The van der Waals surface area contributed by atoms with Crippen molar-refractivity contribution in [2.45, 2.75) is 25.0 Å². The first-order valence-electron chi connectivity index (χ1n) is 9.21. The number of carbonyl (C=O) groups excluding carboxylic acids is 2. The SMILES string of the molecule is O=C(NCC(=O)N1CCCC1O)OCC1c2ccccc2-c2ccccc21. The fourth-order valence-corrected chi connectivity index (χ4v) is 3.94. The molecule has 1 fully saturated rings. The second-order valence-electron chi connectivity index (χ2n) is 6.89. The third-order valence-corrected chi connectivity index (χ3v) is 5.27. The Morgan fingerprint density at radius 2 is 1.70 bits per heavy atom. The smallest absolute Gasteiger partial charge is 0.407 e. The molecule has 4 rings (SSSR count). The first-order chi connectivity index (χ1) is 13.1. The summed E-state index contributed by atoms with van der Waals surface area (Å²) in [6.45, 7) is 0.556. The maximum absolute atomic E-state index is 12.1. The molecule has 2 amide bonds. The molecule has 1 saturated heterocycles. The number of ether oxygens (including phenoxy) is 1. The molecule has 0 saturated carbocycles. The number of fused-ring (bicyclic) bond motifs is 3. The lowest BCUT2D eigenvalue weighted by Crippen LogP contribution is -2.42. The zero-order valence-electron chi connectivity index (χ0n) is 14.9. The summed E-state index contributed by atoms with van der Waals surface area (Å²) in [7, 11) is 0. The van der Waals surface area contributed by atoms with Crippen molar-refractivity contribution in [1.82, 2.24) is 10.2 Å². The lowest BCUT2D eigenvalue weighted by atomic mass is 9.98. The van der Waals surface area contributed by atoms with Gasteiger partial charge in [0.15, 0.2) is 0 Å². The van der Waals surface area contributed by atoms with E-state index in [1.807, 2.05) is 24.3 Å². The molecule has 27 heavy (non-hydrogen) atoms. The lowest BCUT2D eigenvalue weighted by Gasteiger charge is -2.20. The van der Waals surface area contributed by atoms with E-state index in [0.717, 1.165) is 17.5 Å². The van der Waals surface area contributed by atoms with Crippen molar-refractivity contribution in [2.75, 3.05) is 19.7 Å². The van der Waals surface area contributed by atoms with Gasteiger partial charge in [-0.15, -0.1) is 0 Å². The molecular formula is C21H22N2O4. The summed E-state index contributed by atoms with van der Waals surface area (Å²) in [6.07, 6.45) is -0.0187. The van der Waals surface area contributed by atoms with E-state index in [0.29, 0.717) is 13.0 Å². The fourth-order valence-electron chi connectivity index (χ4n) is 3.94. The second-order valence-corrected chi connectivity index (χ2v) is 6.89. The van der Waals surface area contributed by atoms with Crippen LogP contribution in [0.5, 0.6) is 0 Å². The van der Waals surface area contributed by atoms with Crippen LogP contribution in [-0.2, 0) is 9.53 Å². The summed E-state index contributed by atoms with van der Waals surface area (Å²) in [6, 6.07) is 16.2. The zero-order chi connectivity index (χ0) is 18.8. The van der Waals surface area contributed by atoms with E-state index in [2.05, 4.69) is 29.6 Å². The Bertz CT molecular complexity index is 821. The molecule has 2 aliphatic rings. The average Bonchev–Trinajstić information content (AvgIpc) is 3.26. The van der Waals surface area contributed by atoms with Gasteiger partial charge in [-0.3, -0.25) is 4.79 Å². The fraction of sp³-hybridized carbons (Fsp3) is 0.333. The van der Waals surface area contributed by atoms with Gasteiger partial charge in [-0.25, -0.2) is 4.79 Å². The highest BCUT2D eigenvalue weighted by atomic mass is 16.5. The number of carbonyl (C=O) groups is 2. The summed E-state index contributed by atoms with van der Waals surface area (Å²) in [5.41, 5.74) is 4.62. The molecule has 1 atom stereocenters. The van der Waals surface area contributed by atoms with Crippen LogP contribution in [0.4, 0.5) is 4.79 Å². The van der Waals surface area contributed by atoms with Gasteiger partial charge in [0.05, 0.1) is 0 Å². The van der Waals surface area contributed by atoms with Crippen LogP contribution < -0.4 is 5.32 Å². The lowest BCUT2D eigenvalue weighted by molar-refractivity contribution is -0.136. The van der Waals surface area contributed by atoms with Gasteiger partial charge in [-0.2, -0.15) is 0 Å². The number of hydrogen-bond donors (Lipinski definition) is 2. The number of alkyl carbamates (subject to hydrolysis) is 1. The van der Waals surface area contributed by atoms with Crippen molar-refractivity contribution in [3.05, 3.63) is 59.7 Å². The predicted octanol–water partition coefficient (Wildman–Crippen LogP) is 2.47. The van der Waals surface area contributed by atoms with Gasteiger partial charge in [-0.1, -0.05) is 48.5 Å². The first-order valence-corrected chi connectivity index (χ1v) is 9.21. The molecule has 0 aromatic heterocycles.